The molecule has 0 aromatic heterocycles. The Labute approximate surface area is 87.8 Å². The maximum atomic E-state index is 10.9. The molecule has 0 aliphatic carbocycles. The van der Waals surface area contributed by atoms with Gasteiger partial charge in [-0.1, -0.05) is 12.1 Å². The Morgan fingerprint density at radius 1 is 1.27 bits per heavy atom. The van der Waals surface area contributed by atoms with Crippen LogP contribution in [0.5, 0.6) is 5.75 Å². The minimum absolute atomic E-state index is 0.0419. The second-order valence-electron chi connectivity index (χ2n) is 3.47. The second-order valence-corrected chi connectivity index (χ2v) is 5.63. The van der Waals surface area contributed by atoms with Gasteiger partial charge in [0.05, 0.1) is 17.1 Å². The lowest BCUT2D eigenvalue weighted by Gasteiger charge is -2.26. The van der Waals surface area contributed by atoms with Crippen molar-refractivity contribution >= 4 is 16.1 Å². The molecule has 1 aromatic carbocycles. The number of carbonyl (C=O) groups excluding carboxylic acids is 1. The average Bonchev–Trinajstić information content (AvgIpc) is 2.16. The Morgan fingerprint density at radius 3 is 2.53 bits per heavy atom. The Morgan fingerprint density at radius 2 is 1.93 bits per heavy atom. The summed E-state index contributed by atoms with van der Waals surface area (Å²) >= 11 is 0. The Kier molecular flexibility index (Phi) is 2.48. The summed E-state index contributed by atoms with van der Waals surface area (Å²) < 4.78 is 27.2. The van der Waals surface area contributed by atoms with Gasteiger partial charge in [-0.2, -0.15) is 0 Å². The van der Waals surface area contributed by atoms with Gasteiger partial charge in [0.15, 0.2) is 16.1 Å². The fourth-order valence-corrected chi connectivity index (χ4v) is 2.62. The van der Waals surface area contributed by atoms with Gasteiger partial charge in [0.1, 0.15) is 11.9 Å². The van der Waals surface area contributed by atoms with Gasteiger partial charge in [-0.05, 0) is 12.1 Å². The highest BCUT2D eigenvalue weighted by molar-refractivity contribution is 7.92. The quantitative estimate of drug-likeness (QED) is 0.711. The predicted octanol–water partition coefficient (Wildman–Crippen LogP) is 0.675. The zero-order valence-electron chi connectivity index (χ0n) is 7.92. The molecule has 1 heterocycles. The summed E-state index contributed by atoms with van der Waals surface area (Å²) in [6.07, 6.45) is 0.388. The van der Waals surface area contributed by atoms with Crippen molar-refractivity contribution < 1.29 is 17.9 Å². The molecule has 1 fully saturated rings. The molecule has 15 heavy (non-hydrogen) atoms. The van der Waals surface area contributed by atoms with E-state index in [1.54, 1.807) is 24.3 Å². The summed E-state index contributed by atoms with van der Waals surface area (Å²) in [5.74, 6) is 0.535. The summed E-state index contributed by atoms with van der Waals surface area (Å²) in [7, 11) is -2.88. The average molecular weight is 226 g/mol. The largest absolute Gasteiger partial charge is 0.488 e. The van der Waals surface area contributed by atoms with Crippen LogP contribution in [0.2, 0.25) is 0 Å². The maximum absolute atomic E-state index is 10.9. The van der Waals surface area contributed by atoms with Crippen LogP contribution in [0.4, 0.5) is 0 Å². The zero-order valence-corrected chi connectivity index (χ0v) is 8.74. The van der Waals surface area contributed by atoms with E-state index >= 15 is 0 Å². The summed E-state index contributed by atoms with van der Waals surface area (Å²) in [6.45, 7) is 0. The molecule has 0 spiro atoms. The van der Waals surface area contributed by atoms with E-state index in [4.69, 9.17) is 4.74 Å². The van der Waals surface area contributed by atoms with Crippen molar-refractivity contribution in [2.75, 3.05) is 11.5 Å². The van der Waals surface area contributed by atoms with Crippen molar-refractivity contribution in [1.82, 2.24) is 0 Å². The first-order chi connectivity index (χ1) is 7.11. The highest BCUT2D eigenvalue weighted by atomic mass is 32.2. The van der Waals surface area contributed by atoms with E-state index in [-0.39, 0.29) is 17.6 Å². The molecule has 0 radical (unpaired) electrons. The Hall–Kier alpha value is -1.36. The molecule has 0 N–H and O–H groups in total. The smallest absolute Gasteiger partial charge is 0.157 e. The molecule has 80 valence electrons. The van der Waals surface area contributed by atoms with Gasteiger partial charge in [0.2, 0.25) is 0 Å². The number of hydrogen-bond acceptors (Lipinski definition) is 4. The van der Waals surface area contributed by atoms with E-state index in [2.05, 4.69) is 0 Å². The van der Waals surface area contributed by atoms with E-state index in [1.165, 1.54) is 0 Å². The monoisotopic (exact) mass is 226 g/mol. The number of hydrogen-bond donors (Lipinski definition) is 0. The summed E-state index contributed by atoms with van der Waals surface area (Å²) in [5.41, 5.74) is 0.446. The van der Waals surface area contributed by atoms with E-state index in [1.807, 2.05) is 0 Å². The van der Waals surface area contributed by atoms with Crippen molar-refractivity contribution in [3.8, 4) is 5.75 Å². The molecule has 0 saturated carbocycles. The minimum atomic E-state index is -2.88. The maximum Gasteiger partial charge on any atom is 0.157 e. The summed E-state index contributed by atoms with van der Waals surface area (Å²) in [6, 6.07) is 6.77. The molecular formula is C10H10O4S. The Bertz CT molecular complexity index is 466. The molecule has 1 aliphatic heterocycles. The van der Waals surface area contributed by atoms with Crippen molar-refractivity contribution in [2.24, 2.45) is 0 Å². The van der Waals surface area contributed by atoms with Crippen LogP contribution in [0, 0.1) is 0 Å². The molecule has 5 heteroatoms. The standard InChI is InChI=1S/C10H10O4S/c11-5-8-3-1-2-4-10(8)14-9-6-15(12,13)7-9/h1-5,9H,6-7H2. The van der Waals surface area contributed by atoms with Crippen molar-refractivity contribution in [1.29, 1.82) is 0 Å². The van der Waals surface area contributed by atoms with Crippen LogP contribution >= 0.6 is 0 Å². The minimum Gasteiger partial charge on any atom is -0.488 e. The molecule has 1 aromatic rings. The third kappa shape index (κ3) is 2.18. The van der Waals surface area contributed by atoms with Gasteiger partial charge in [-0.15, -0.1) is 0 Å². The van der Waals surface area contributed by atoms with Crippen molar-refractivity contribution in [2.45, 2.75) is 6.10 Å². The lowest BCUT2D eigenvalue weighted by atomic mass is 10.2. The van der Waals surface area contributed by atoms with Crippen molar-refractivity contribution in [3.05, 3.63) is 29.8 Å². The number of rotatable bonds is 3. The predicted molar refractivity (Wildman–Crippen MR) is 54.9 cm³/mol. The number of benzene rings is 1. The van der Waals surface area contributed by atoms with Crippen LogP contribution in [-0.4, -0.2) is 32.3 Å². The highest BCUT2D eigenvalue weighted by Gasteiger charge is 2.35. The third-order valence-corrected chi connectivity index (χ3v) is 3.98. The number of para-hydroxylation sites is 1. The molecular weight excluding hydrogens is 216 g/mol. The molecule has 0 unspecified atom stereocenters. The van der Waals surface area contributed by atoms with Gasteiger partial charge < -0.3 is 4.74 Å². The fraction of sp³-hybridized carbons (Fsp3) is 0.300. The molecule has 1 aliphatic rings. The number of ether oxygens (including phenoxy) is 1. The molecule has 4 nitrogen and oxygen atoms in total. The Balaban J connectivity index is 2.09. The number of aldehydes is 1. The number of sulfone groups is 1. The van der Waals surface area contributed by atoms with E-state index in [9.17, 15) is 13.2 Å². The van der Waals surface area contributed by atoms with Crippen LogP contribution in [0.25, 0.3) is 0 Å². The summed E-state index contributed by atoms with van der Waals surface area (Å²) in [5, 5.41) is 0. The number of carbonyl (C=O) groups is 1. The van der Waals surface area contributed by atoms with Crippen LogP contribution in [0.15, 0.2) is 24.3 Å². The summed E-state index contributed by atoms with van der Waals surface area (Å²) in [4.78, 5) is 10.6. The fourth-order valence-electron chi connectivity index (χ4n) is 1.45. The normalized spacial score (nSPS) is 19.2. The lowest BCUT2D eigenvalue weighted by Crippen LogP contribution is -2.45. The van der Waals surface area contributed by atoms with Gasteiger partial charge in [-0.25, -0.2) is 8.42 Å². The van der Waals surface area contributed by atoms with E-state index in [0.29, 0.717) is 17.6 Å². The van der Waals surface area contributed by atoms with Crippen LogP contribution in [0.3, 0.4) is 0 Å². The van der Waals surface area contributed by atoms with E-state index < -0.39 is 9.84 Å². The van der Waals surface area contributed by atoms with Crippen LogP contribution < -0.4 is 4.74 Å². The zero-order chi connectivity index (χ0) is 10.9. The van der Waals surface area contributed by atoms with Gasteiger partial charge >= 0.3 is 0 Å². The third-order valence-electron chi connectivity index (χ3n) is 2.22. The van der Waals surface area contributed by atoms with Crippen LogP contribution in [-0.2, 0) is 9.84 Å². The second kappa shape index (κ2) is 3.66. The molecule has 1 saturated heterocycles. The molecule has 0 amide bonds. The SMILES string of the molecule is O=Cc1ccccc1OC1CS(=O)(=O)C1. The first-order valence-corrected chi connectivity index (χ1v) is 6.34. The van der Waals surface area contributed by atoms with Crippen LogP contribution in [0.1, 0.15) is 10.4 Å². The first kappa shape index (κ1) is 10.2. The van der Waals surface area contributed by atoms with Crippen molar-refractivity contribution in [3.63, 3.8) is 0 Å². The lowest BCUT2D eigenvalue weighted by molar-refractivity contribution is 0.111. The molecule has 0 atom stereocenters. The van der Waals surface area contributed by atoms with Gasteiger partial charge in [0, 0.05) is 0 Å². The van der Waals surface area contributed by atoms with Gasteiger partial charge in [0.25, 0.3) is 0 Å². The molecule has 0 bridgehead atoms. The van der Waals surface area contributed by atoms with Gasteiger partial charge in [-0.3, -0.25) is 4.79 Å². The molecule has 2 rings (SSSR count). The van der Waals surface area contributed by atoms with E-state index in [0.717, 1.165) is 0 Å². The topological polar surface area (TPSA) is 60.4 Å². The first-order valence-electron chi connectivity index (χ1n) is 4.52. The highest BCUT2D eigenvalue weighted by Crippen LogP contribution is 2.22.